The topological polar surface area (TPSA) is 79.0 Å². The van der Waals surface area contributed by atoms with E-state index in [9.17, 15) is 4.79 Å². The summed E-state index contributed by atoms with van der Waals surface area (Å²) >= 11 is 6.45. The van der Waals surface area contributed by atoms with E-state index in [0.29, 0.717) is 22.7 Å². The van der Waals surface area contributed by atoms with Crippen LogP contribution in [0.15, 0.2) is 29.3 Å². The maximum absolute atomic E-state index is 12.3. The van der Waals surface area contributed by atoms with Gasteiger partial charge in [-0.25, -0.2) is 4.98 Å². The molecule has 3 heterocycles. The number of aromatic amines is 1. The molecule has 29 heavy (non-hydrogen) atoms. The van der Waals surface area contributed by atoms with Crippen LogP contribution in [-0.4, -0.2) is 35.8 Å². The number of nitrogens with zero attached hydrogens (tertiary/aromatic N) is 1. The second kappa shape index (κ2) is 9.63. The second-order valence-electron chi connectivity index (χ2n) is 8.10. The number of anilines is 2. The van der Waals surface area contributed by atoms with Crippen molar-refractivity contribution in [2.45, 2.75) is 51.0 Å². The van der Waals surface area contributed by atoms with E-state index in [1.54, 1.807) is 12.4 Å². The average molecular weight is 417 g/mol. The standard InChI is InChI=1S/C22H29ClN4O2/c23-19-14-25-21(27-17-4-2-1-3-5-17)11-18(19)16-10-20(22(28)26-13-16)24-12-15-6-8-29-9-7-15/h10-11,13-15,17,24H,1-9,12H2,(H,25,27)(H,26,28). The molecule has 0 atom stereocenters. The Bertz CT molecular complexity index is 873. The van der Waals surface area contributed by atoms with Crippen molar-refractivity contribution in [1.29, 1.82) is 0 Å². The third-order valence-electron chi connectivity index (χ3n) is 5.95. The fraction of sp³-hybridized carbons (Fsp3) is 0.545. The second-order valence-corrected chi connectivity index (χ2v) is 8.50. The molecule has 4 rings (SSSR count). The number of hydrogen-bond acceptors (Lipinski definition) is 5. The lowest BCUT2D eigenvalue weighted by molar-refractivity contribution is 0.0699. The van der Waals surface area contributed by atoms with Crippen molar-refractivity contribution in [2.75, 3.05) is 30.4 Å². The smallest absolute Gasteiger partial charge is 0.271 e. The Morgan fingerprint density at radius 1 is 1.14 bits per heavy atom. The molecule has 0 bridgehead atoms. The van der Waals surface area contributed by atoms with Gasteiger partial charge in [-0.3, -0.25) is 4.79 Å². The van der Waals surface area contributed by atoms with Crippen LogP contribution in [0.4, 0.5) is 11.5 Å². The SMILES string of the molecule is O=c1[nH]cc(-c2cc(NC3CCCCC3)ncc2Cl)cc1NCC1CCOCC1. The van der Waals surface area contributed by atoms with Gasteiger partial charge in [0.1, 0.15) is 11.5 Å². The van der Waals surface area contributed by atoms with E-state index in [2.05, 4.69) is 20.6 Å². The predicted molar refractivity (Wildman–Crippen MR) is 118 cm³/mol. The zero-order valence-corrected chi connectivity index (χ0v) is 17.4. The van der Waals surface area contributed by atoms with Gasteiger partial charge in [0.15, 0.2) is 0 Å². The van der Waals surface area contributed by atoms with Crippen LogP contribution in [0.2, 0.25) is 5.02 Å². The molecular formula is C22H29ClN4O2. The van der Waals surface area contributed by atoms with Gasteiger partial charge in [0.05, 0.1) is 5.02 Å². The molecule has 2 aromatic rings. The van der Waals surface area contributed by atoms with Gasteiger partial charge in [0, 0.05) is 49.3 Å². The van der Waals surface area contributed by atoms with E-state index in [0.717, 1.165) is 49.5 Å². The molecule has 0 unspecified atom stereocenters. The van der Waals surface area contributed by atoms with Crippen molar-refractivity contribution >= 4 is 23.1 Å². The van der Waals surface area contributed by atoms with Gasteiger partial charge in [-0.1, -0.05) is 30.9 Å². The summed E-state index contributed by atoms with van der Waals surface area (Å²) in [5.41, 5.74) is 2.19. The molecule has 1 saturated carbocycles. The molecule has 1 saturated heterocycles. The first-order valence-electron chi connectivity index (χ1n) is 10.7. The molecule has 0 spiro atoms. The van der Waals surface area contributed by atoms with E-state index in [4.69, 9.17) is 16.3 Å². The first kappa shape index (κ1) is 20.2. The summed E-state index contributed by atoms with van der Waals surface area (Å²) < 4.78 is 5.41. The minimum Gasteiger partial charge on any atom is -0.381 e. The summed E-state index contributed by atoms with van der Waals surface area (Å²) in [5.74, 6) is 1.36. The molecule has 2 aromatic heterocycles. The van der Waals surface area contributed by atoms with Gasteiger partial charge < -0.3 is 20.4 Å². The molecule has 0 aromatic carbocycles. The van der Waals surface area contributed by atoms with Crippen LogP contribution in [0.25, 0.3) is 11.1 Å². The summed E-state index contributed by atoms with van der Waals surface area (Å²) in [6.07, 6.45) is 11.7. The fourth-order valence-corrected chi connectivity index (χ4v) is 4.38. The average Bonchev–Trinajstić information content (AvgIpc) is 2.76. The molecule has 0 amide bonds. The van der Waals surface area contributed by atoms with E-state index in [-0.39, 0.29) is 5.56 Å². The molecule has 2 fully saturated rings. The monoisotopic (exact) mass is 416 g/mol. The number of pyridine rings is 2. The van der Waals surface area contributed by atoms with Gasteiger partial charge in [-0.2, -0.15) is 0 Å². The van der Waals surface area contributed by atoms with E-state index in [1.807, 2.05) is 12.1 Å². The fourth-order valence-electron chi connectivity index (χ4n) is 4.17. The van der Waals surface area contributed by atoms with Gasteiger partial charge in [-0.05, 0) is 43.7 Å². The molecule has 7 heteroatoms. The minimum atomic E-state index is -0.119. The van der Waals surface area contributed by atoms with E-state index in [1.165, 1.54) is 32.1 Å². The maximum atomic E-state index is 12.3. The highest BCUT2D eigenvalue weighted by Gasteiger charge is 2.16. The van der Waals surface area contributed by atoms with Crippen LogP contribution in [0.5, 0.6) is 0 Å². The lowest BCUT2D eigenvalue weighted by Gasteiger charge is -2.23. The number of halogens is 1. The zero-order valence-electron chi connectivity index (χ0n) is 16.7. The maximum Gasteiger partial charge on any atom is 0.271 e. The number of hydrogen-bond donors (Lipinski definition) is 3. The Labute approximate surface area is 176 Å². The highest BCUT2D eigenvalue weighted by molar-refractivity contribution is 6.33. The largest absolute Gasteiger partial charge is 0.381 e. The summed E-state index contributed by atoms with van der Waals surface area (Å²) in [6, 6.07) is 4.33. The van der Waals surface area contributed by atoms with Crippen molar-refractivity contribution in [1.82, 2.24) is 9.97 Å². The first-order valence-corrected chi connectivity index (χ1v) is 11.0. The van der Waals surface area contributed by atoms with Gasteiger partial charge >= 0.3 is 0 Å². The van der Waals surface area contributed by atoms with Crippen molar-refractivity contribution in [3.8, 4) is 11.1 Å². The molecule has 1 aliphatic heterocycles. The van der Waals surface area contributed by atoms with Gasteiger partial charge in [0.2, 0.25) is 0 Å². The van der Waals surface area contributed by atoms with Crippen LogP contribution in [-0.2, 0) is 4.74 Å². The number of aromatic nitrogens is 2. The first-order chi connectivity index (χ1) is 14.2. The van der Waals surface area contributed by atoms with Crippen LogP contribution < -0.4 is 16.2 Å². The van der Waals surface area contributed by atoms with Crippen molar-refractivity contribution in [3.05, 3.63) is 39.9 Å². The molecule has 156 valence electrons. The van der Waals surface area contributed by atoms with Crippen LogP contribution >= 0.6 is 11.6 Å². The lowest BCUT2D eigenvalue weighted by atomic mass is 9.95. The zero-order chi connectivity index (χ0) is 20.1. The minimum absolute atomic E-state index is 0.119. The van der Waals surface area contributed by atoms with Crippen molar-refractivity contribution < 1.29 is 4.74 Å². The Balaban J connectivity index is 1.50. The third kappa shape index (κ3) is 5.31. The van der Waals surface area contributed by atoms with Crippen molar-refractivity contribution in [2.24, 2.45) is 5.92 Å². The highest BCUT2D eigenvalue weighted by Crippen LogP contribution is 2.31. The van der Waals surface area contributed by atoms with E-state index >= 15 is 0 Å². The summed E-state index contributed by atoms with van der Waals surface area (Å²) in [5, 5.41) is 7.43. The van der Waals surface area contributed by atoms with Gasteiger partial charge in [0.25, 0.3) is 5.56 Å². The molecule has 3 N–H and O–H groups in total. The van der Waals surface area contributed by atoms with Crippen molar-refractivity contribution in [3.63, 3.8) is 0 Å². The third-order valence-corrected chi connectivity index (χ3v) is 6.25. The molecular weight excluding hydrogens is 388 g/mol. The summed E-state index contributed by atoms with van der Waals surface area (Å²) in [7, 11) is 0. The number of rotatable bonds is 6. The lowest BCUT2D eigenvalue weighted by Crippen LogP contribution is -2.25. The number of nitrogens with one attached hydrogen (secondary N) is 3. The molecule has 6 nitrogen and oxygen atoms in total. The molecule has 2 aliphatic rings. The highest BCUT2D eigenvalue weighted by atomic mass is 35.5. The van der Waals surface area contributed by atoms with E-state index < -0.39 is 0 Å². The summed E-state index contributed by atoms with van der Waals surface area (Å²) in [6.45, 7) is 2.37. The Morgan fingerprint density at radius 3 is 2.72 bits per heavy atom. The van der Waals surface area contributed by atoms with Crippen LogP contribution in [0, 0.1) is 5.92 Å². The Morgan fingerprint density at radius 2 is 1.93 bits per heavy atom. The normalized spacial score (nSPS) is 18.5. The van der Waals surface area contributed by atoms with Crippen LogP contribution in [0.1, 0.15) is 44.9 Å². The number of H-pyrrole nitrogens is 1. The van der Waals surface area contributed by atoms with Gasteiger partial charge in [-0.15, -0.1) is 0 Å². The van der Waals surface area contributed by atoms with Crippen LogP contribution in [0.3, 0.4) is 0 Å². The Hall–Kier alpha value is -2.05. The predicted octanol–water partition coefficient (Wildman–Crippen LogP) is 4.67. The number of ether oxygens (including phenoxy) is 1. The Kier molecular flexibility index (Phi) is 6.72. The summed E-state index contributed by atoms with van der Waals surface area (Å²) in [4.78, 5) is 19.6. The quantitative estimate of drug-likeness (QED) is 0.637. The molecule has 1 aliphatic carbocycles. The molecule has 0 radical (unpaired) electrons.